The molecular formula is C22H20N6O4S. The van der Waals surface area contributed by atoms with Crippen molar-refractivity contribution in [3.8, 4) is 11.5 Å². The molecule has 1 aliphatic rings. The number of anilines is 1. The number of allylic oxidation sites excluding steroid dienone is 1. The van der Waals surface area contributed by atoms with Crippen molar-refractivity contribution >= 4 is 40.1 Å². The summed E-state index contributed by atoms with van der Waals surface area (Å²) in [5, 5.41) is 4.82. The highest BCUT2D eigenvalue weighted by molar-refractivity contribution is 7.17. The number of hydrogen-bond donors (Lipinski definition) is 3. The lowest BCUT2D eigenvalue weighted by atomic mass is 10.1. The number of aromatic nitrogens is 2. The number of pyridine rings is 1. The standard InChI is InChI=1S/C22H20N6O4S/c1-13-20(33-22(24-13)28-25-14(2)29)17(26-27-21(30)16-7-9-23-10-8-16)5-3-15-4-6-18-19(11-15)32-12-31-18/h3-11H,12H2,1-2H3,(H,24,28)(H,25,29)(H,27,30)/b5-3-,26-17-. The second kappa shape index (κ2) is 9.92. The van der Waals surface area contributed by atoms with Gasteiger partial charge in [0.15, 0.2) is 11.5 Å². The summed E-state index contributed by atoms with van der Waals surface area (Å²) in [7, 11) is 0. The van der Waals surface area contributed by atoms with Gasteiger partial charge in [0, 0.05) is 24.9 Å². The summed E-state index contributed by atoms with van der Waals surface area (Å²) in [5.41, 5.74) is 10.3. The molecule has 33 heavy (non-hydrogen) atoms. The molecule has 0 spiro atoms. The minimum Gasteiger partial charge on any atom is -0.454 e. The highest BCUT2D eigenvalue weighted by atomic mass is 32.1. The van der Waals surface area contributed by atoms with Gasteiger partial charge in [-0.15, -0.1) is 0 Å². The first-order chi connectivity index (χ1) is 16.0. The van der Waals surface area contributed by atoms with E-state index in [0.717, 1.165) is 10.4 Å². The van der Waals surface area contributed by atoms with E-state index in [2.05, 4.69) is 31.3 Å². The van der Waals surface area contributed by atoms with Gasteiger partial charge in [0.05, 0.1) is 10.6 Å². The number of rotatable bonds is 7. The van der Waals surface area contributed by atoms with E-state index >= 15 is 0 Å². The number of nitrogens with zero attached hydrogens (tertiary/aromatic N) is 3. The Morgan fingerprint density at radius 2 is 1.94 bits per heavy atom. The number of ether oxygens (including phenoxy) is 2. The number of aryl methyl sites for hydroxylation is 1. The highest BCUT2D eigenvalue weighted by Crippen LogP contribution is 2.33. The fourth-order valence-corrected chi connectivity index (χ4v) is 3.75. The zero-order valence-corrected chi connectivity index (χ0v) is 18.6. The first-order valence-electron chi connectivity index (χ1n) is 9.86. The van der Waals surface area contributed by atoms with Crippen molar-refractivity contribution in [3.05, 3.63) is 70.5 Å². The first kappa shape index (κ1) is 22.0. The summed E-state index contributed by atoms with van der Waals surface area (Å²) in [5.74, 6) is 0.741. The third kappa shape index (κ3) is 5.52. The van der Waals surface area contributed by atoms with Gasteiger partial charge in [-0.05, 0) is 42.8 Å². The molecule has 0 bridgehead atoms. The Morgan fingerprint density at radius 1 is 1.15 bits per heavy atom. The average molecular weight is 465 g/mol. The number of carbonyl (C=O) groups excluding carboxylic acids is 2. The van der Waals surface area contributed by atoms with Crippen LogP contribution in [-0.2, 0) is 4.79 Å². The Kier molecular flexibility index (Phi) is 6.60. The lowest BCUT2D eigenvalue weighted by Crippen LogP contribution is -2.26. The molecule has 0 fully saturated rings. The van der Waals surface area contributed by atoms with E-state index in [1.165, 1.54) is 30.7 Å². The molecule has 0 radical (unpaired) electrons. The van der Waals surface area contributed by atoms with Gasteiger partial charge in [-0.25, -0.2) is 10.4 Å². The predicted octanol–water partition coefficient (Wildman–Crippen LogP) is 2.89. The van der Waals surface area contributed by atoms with Gasteiger partial charge in [-0.1, -0.05) is 23.5 Å². The lowest BCUT2D eigenvalue weighted by molar-refractivity contribution is -0.118. The minimum absolute atomic E-state index is 0.195. The van der Waals surface area contributed by atoms with Gasteiger partial charge in [0.25, 0.3) is 5.91 Å². The van der Waals surface area contributed by atoms with Crippen molar-refractivity contribution in [1.82, 2.24) is 20.8 Å². The van der Waals surface area contributed by atoms with E-state index in [1.54, 1.807) is 18.2 Å². The number of fused-ring (bicyclic) bond motifs is 1. The molecule has 2 amide bonds. The van der Waals surface area contributed by atoms with Crippen molar-refractivity contribution in [1.29, 1.82) is 0 Å². The van der Waals surface area contributed by atoms with Gasteiger partial charge in [0.1, 0.15) is 5.71 Å². The molecule has 11 heteroatoms. The van der Waals surface area contributed by atoms with Gasteiger partial charge < -0.3 is 9.47 Å². The summed E-state index contributed by atoms with van der Waals surface area (Å²) in [6.07, 6.45) is 6.69. The van der Waals surface area contributed by atoms with Crippen LogP contribution in [-0.4, -0.2) is 34.3 Å². The number of amides is 2. The number of hydrogen-bond acceptors (Lipinski definition) is 9. The molecule has 3 aromatic rings. The molecule has 1 aliphatic heterocycles. The number of carbonyl (C=O) groups is 2. The Bertz CT molecular complexity index is 1240. The zero-order valence-electron chi connectivity index (χ0n) is 17.8. The molecule has 10 nitrogen and oxygen atoms in total. The molecule has 2 aromatic heterocycles. The van der Waals surface area contributed by atoms with Crippen LogP contribution >= 0.6 is 11.3 Å². The van der Waals surface area contributed by atoms with E-state index in [-0.39, 0.29) is 18.6 Å². The average Bonchev–Trinajstić information content (AvgIpc) is 3.44. The van der Waals surface area contributed by atoms with Crippen LogP contribution in [0.3, 0.4) is 0 Å². The largest absolute Gasteiger partial charge is 0.454 e. The molecule has 0 saturated heterocycles. The number of hydrazone groups is 1. The molecule has 1 aromatic carbocycles. The van der Waals surface area contributed by atoms with Crippen LogP contribution in [0.1, 0.15) is 33.4 Å². The summed E-state index contributed by atoms with van der Waals surface area (Å²) < 4.78 is 10.8. The van der Waals surface area contributed by atoms with Crippen LogP contribution < -0.4 is 25.8 Å². The van der Waals surface area contributed by atoms with E-state index in [4.69, 9.17) is 9.47 Å². The highest BCUT2D eigenvalue weighted by Gasteiger charge is 2.15. The fraction of sp³-hybridized carbons (Fsp3) is 0.136. The van der Waals surface area contributed by atoms with Crippen molar-refractivity contribution in [2.24, 2.45) is 5.10 Å². The molecule has 0 unspecified atom stereocenters. The molecule has 0 aliphatic carbocycles. The van der Waals surface area contributed by atoms with E-state index in [1.807, 2.05) is 31.2 Å². The molecule has 168 valence electrons. The smallest absolute Gasteiger partial charge is 0.271 e. The Morgan fingerprint density at radius 3 is 2.73 bits per heavy atom. The second-order valence-electron chi connectivity index (χ2n) is 6.86. The Labute approximate surface area is 193 Å². The third-order valence-corrected chi connectivity index (χ3v) is 5.52. The number of thiazole rings is 1. The molecule has 3 heterocycles. The third-order valence-electron chi connectivity index (χ3n) is 4.43. The fourth-order valence-electron chi connectivity index (χ4n) is 2.86. The number of hydrazine groups is 1. The van der Waals surface area contributed by atoms with Gasteiger partial charge in [-0.2, -0.15) is 5.10 Å². The molecule has 0 saturated carbocycles. The summed E-state index contributed by atoms with van der Waals surface area (Å²) >= 11 is 1.29. The zero-order chi connectivity index (χ0) is 23.2. The van der Waals surface area contributed by atoms with Crippen molar-refractivity contribution in [2.75, 3.05) is 12.2 Å². The van der Waals surface area contributed by atoms with Crippen LogP contribution in [0.15, 0.2) is 53.9 Å². The Hall–Kier alpha value is -4.25. The SMILES string of the molecule is CC(=O)NNc1nc(C)c(C(/C=C\c2ccc3c(c2)OCO3)=N\NC(=O)c2ccncc2)s1. The summed E-state index contributed by atoms with van der Waals surface area (Å²) in [6.45, 7) is 3.41. The van der Waals surface area contributed by atoms with E-state index in [9.17, 15) is 9.59 Å². The van der Waals surface area contributed by atoms with Crippen LogP contribution in [0.25, 0.3) is 6.08 Å². The second-order valence-corrected chi connectivity index (χ2v) is 7.86. The number of nitrogens with one attached hydrogen (secondary N) is 3. The van der Waals surface area contributed by atoms with Crippen LogP contribution in [0.5, 0.6) is 11.5 Å². The lowest BCUT2D eigenvalue weighted by Gasteiger charge is -2.03. The van der Waals surface area contributed by atoms with Crippen molar-refractivity contribution in [3.63, 3.8) is 0 Å². The molecule has 3 N–H and O–H groups in total. The van der Waals surface area contributed by atoms with Crippen LogP contribution in [0.4, 0.5) is 5.13 Å². The van der Waals surface area contributed by atoms with Gasteiger partial charge in [0.2, 0.25) is 17.8 Å². The molecule has 4 rings (SSSR count). The van der Waals surface area contributed by atoms with Gasteiger partial charge in [-0.3, -0.25) is 25.4 Å². The first-order valence-corrected chi connectivity index (χ1v) is 10.7. The normalized spacial score (nSPS) is 12.6. The molecular weight excluding hydrogens is 444 g/mol. The monoisotopic (exact) mass is 464 g/mol. The predicted molar refractivity (Wildman–Crippen MR) is 124 cm³/mol. The van der Waals surface area contributed by atoms with Gasteiger partial charge >= 0.3 is 0 Å². The maximum Gasteiger partial charge on any atom is 0.271 e. The Balaban J connectivity index is 1.62. The maximum absolute atomic E-state index is 12.5. The maximum atomic E-state index is 12.5. The van der Waals surface area contributed by atoms with Crippen molar-refractivity contribution in [2.45, 2.75) is 13.8 Å². The number of benzene rings is 1. The van der Waals surface area contributed by atoms with E-state index in [0.29, 0.717) is 33.6 Å². The topological polar surface area (TPSA) is 127 Å². The minimum atomic E-state index is -0.370. The summed E-state index contributed by atoms with van der Waals surface area (Å²) in [6, 6.07) is 8.77. The summed E-state index contributed by atoms with van der Waals surface area (Å²) in [4.78, 5) is 32.7. The van der Waals surface area contributed by atoms with E-state index < -0.39 is 0 Å². The van der Waals surface area contributed by atoms with Crippen LogP contribution in [0.2, 0.25) is 0 Å². The molecule has 0 atom stereocenters. The quantitative estimate of drug-likeness (QED) is 0.362. The van der Waals surface area contributed by atoms with Crippen LogP contribution in [0, 0.1) is 6.92 Å². The van der Waals surface area contributed by atoms with Crippen molar-refractivity contribution < 1.29 is 19.1 Å².